The summed E-state index contributed by atoms with van der Waals surface area (Å²) in [4.78, 5) is 20.1. The molecule has 1 fully saturated rings. The van der Waals surface area contributed by atoms with E-state index in [0.29, 0.717) is 35.4 Å². The number of alkyl halides is 3. The van der Waals surface area contributed by atoms with Crippen LogP contribution in [0.3, 0.4) is 0 Å². The van der Waals surface area contributed by atoms with Crippen LogP contribution in [-0.4, -0.2) is 35.0 Å². The van der Waals surface area contributed by atoms with E-state index < -0.39 is 17.6 Å². The first-order chi connectivity index (χ1) is 13.8. The molecule has 0 spiro atoms. The van der Waals surface area contributed by atoms with Crippen molar-refractivity contribution in [2.24, 2.45) is 5.73 Å². The van der Waals surface area contributed by atoms with Gasteiger partial charge in [-0.05, 0) is 23.8 Å². The predicted molar refractivity (Wildman–Crippen MR) is 103 cm³/mol. The maximum atomic E-state index is 13.1. The highest BCUT2D eigenvalue weighted by Crippen LogP contribution is 2.33. The van der Waals surface area contributed by atoms with E-state index in [1.165, 1.54) is 18.5 Å². The fourth-order valence-corrected chi connectivity index (χ4v) is 3.70. The number of carbonyl (C=O) groups is 1. The number of fused-ring (bicyclic) bond motifs is 1. The molecule has 1 saturated heterocycles. The van der Waals surface area contributed by atoms with Crippen LogP contribution >= 0.6 is 0 Å². The van der Waals surface area contributed by atoms with Gasteiger partial charge in [0.15, 0.2) is 0 Å². The van der Waals surface area contributed by atoms with Crippen molar-refractivity contribution in [3.8, 4) is 0 Å². The lowest BCUT2D eigenvalue weighted by atomic mass is 9.92. The number of para-hydroxylation sites is 1. The number of hydrogen-bond donors (Lipinski definition) is 3. The molecule has 29 heavy (non-hydrogen) atoms. The first-order valence-corrected chi connectivity index (χ1v) is 9.02. The SMILES string of the molecule is NC(=O)c1cccc2c(NC3CNCC3c3cccc(C(F)(F)F)c3)ncnc12. The van der Waals surface area contributed by atoms with Crippen molar-refractivity contribution in [3.05, 3.63) is 65.5 Å². The zero-order valence-corrected chi connectivity index (χ0v) is 15.2. The minimum absolute atomic E-state index is 0.179. The summed E-state index contributed by atoms with van der Waals surface area (Å²) in [5.74, 6) is -0.268. The summed E-state index contributed by atoms with van der Waals surface area (Å²) in [6, 6.07) is 10.2. The van der Waals surface area contributed by atoms with Gasteiger partial charge >= 0.3 is 6.18 Å². The molecule has 0 saturated carbocycles. The van der Waals surface area contributed by atoms with Gasteiger partial charge in [-0.2, -0.15) is 13.2 Å². The second kappa shape index (κ2) is 7.32. The molecular formula is C20H18F3N5O. The Labute approximate surface area is 164 Å². The molecule has 2 aromatic carbocycles. The summed E-state index contributed by atoms with van der Waals surface area (Å²) >= 11 is 0. The lowest BCUT2D eigenvalue weighted by molar-refractivity contribution is -0.137. The molecule has 2 heterocycles. The van der Waals surface area contributed by atoms with Crippen molar-refractivity contribution in [2.75, 3.05) is 18.4 Å². The third-order valence-electron chi connectivity index (χ3n) is 5.11. The predicted octanol–water partition coefficient (Wildman–Crippen LogP) is 2.92. The van der Waals surface area contributed by atoms with E-state index in [-0.39, 0.29) is 17.5 Å². The molecular weight excluding hydrogens is 383 g/mol. The number of benzene rings is 2. The zero-order valence-electron chi connectivity index (χ0n) is 15.2. The Bertz CT molecular complexity index is 1070. The Balaban J connectivity index is 1.66. The number of aromatic nitrogens is 2. The van der Waals surface area contributed by atoms with Crippen LogP contribution in [-0.2, 0) is 6.18 Å². The molecule has 1 amide bonds. The monoisotopic (exact) mass is 401 g/mol. The van der Waals surface area contributed by atoms with Crippen LogP contribution in [0.4, 0.5) is 19.0 Å². The third kappa shape index (κ3) is 3.73. The van der Waals surface area contributed by atoms with E-state index in [0.717, 1.165) is 6.07 Å². The Hall–Kier alpha value is -3.20. The van der Waals surface area contributed by atoms with E-state index >= 15 is 0 Å². The van der Waals surface area contributed by atoms with Crippen LogP contribution in [0.1, 0.15) is 27.4 Å². The largest absolute Gasteiger partial charge is 0.416 e. The summed E-state index contributed by atoms with van der Waals surface area (Å²) in [5.41, 5.74) is 6.06. The fraction of sp³-hybridized carbons (Fsp3) is 0.250. The number of hydrogen-bond acceptors (Lipinski definition) is 5. The number of nitrogens with zero attached hydrogens (tertiary/aromatic N) is 2. The van der Waals surface area contributed by atoms with Crippen molar-refractivity contribution < 1.29 is 18.0 Å². The lowest BCUT2D eigenvalue weighted by Gasteiger charge is -2.22. The Morgan fingerprint density at radius 3 is 2.69 bits per heavy atom. The van der Waals surface area contributed by atoms with Crippen LogP contribution in [0.5, 0.6) is 0 Å². The molecule has 1 aromatic heterocycles. The highest BCUT2D eigenvalue weighted by atomic mass is 19.4. The first kappa shape index (κ1) is 19.1. The summed E-state index contributed by atoms with van der Waals surface area (Å²) < 4.78 is 39.3. The van der Waals surface area contributed by atoms with Gasteiger partial charge < -0.3 is 16.4 Å². The molecule has 2 unspecified atom stereocenters. The van der Waals surface area contributed by atoms with E-state index in [1.807, 2.05) is 0 Å². The van der Waals surface area contributed by atoms with E-state index in [4.69, 9.17) is 5.73 Å². The number of carbonyl (C=O) groups excluding carboxylic acids is 1. The van der Waals surface area contributed by atoms with E-state index in [1.54, 1.807) is 24.3 Å². The summed E-state index contributed by atoms with van der Waals surface area (Å²) in [7, 11) is 0. The summed E-state index contributed by atoms with van der Waals surface area (Å²) in [6.45, 7) is 1.09. The molecule has 9 heteroatoms. The zero-order chi connectivity index (χ0) is 20.6. The van der Waals surface area contributed by atoms with Gasteiger partial charge in [-0.1, -0.05) is 24.3 Å². The van der Waals surface area contributed by atoms with Crippen molar-refractivity contribution in [3.63, 3.8) is 0 Å². The van der Waals surface area contributed by atoms with Crippen molar-refractivity contribution in [1.82, 2.24) is 15.3 Å². The Morgan fingerprint density at radius 2 is 1.93 bits per heavy atom. The lowest BCUT2D eigenvalue weighted by Crippen LogP contribution is -2.28. The Kier molecular flexibility index (Phi) is 4.83. The molecule has 2 atom stereocenters. The summed E-state index contributed by atoms with van der Waals surface area (Å²) in [5, 5.41) is 7.15. The highest BCUT2D eigenvalue weighted by molar-refractivity contribution is 6.06. The number of nitrogens with one attached hydrogen (secondary N) is 2. The van der Waals surface area contributed by atoms with Crippen molar-refractivity contribution >= 4 is 22.6 Å². The quantitative estimate of drug-likeness (QED) is 0.625. The maximum Gasteiger partial charge on any atom is 0.416 e. The molecule has 0 bridgehead atoms. The van der Waals surface area contributed by atoms with E-state index in [2.05, 4.69) is 20.6 Å². The van der Waals surface area contributed by atoms with Gasteiger partial charge in [-0.25, -0.2) is 9.97 Å². The molecule has 150 valence electrons. The highest BCUT2D eigenvalue weighted by Gasteiger charge is 2.34. The molecule has 0 aliphatic carbocycles. The number of amides is 1. The normalized spacial score (nSPS) is 19.4. The fourth-order valence-electron chi connectivity index (χ4n) is 3.70. The van der Waals surface area contributed by atoms with Crippen LogP contribution in [0.15, 0.2) is 48.8 Å². The van der Waals surface area contributed by atoms with Gasteiger partial charge in [0, 0.05) is 30.4 Å². The van der Waals surface area contributed by atoms with Crippen LogP contribution in [0.25, 0.3) is 10.9 Å². The second-order valence-corrected chi connectivity index (χ2v) is 6.93. The topological polar surface area (TPSA) is 92.9 Å². The average Bonchev–Trinajstić information content (AvgIpc) is 3.15. The standard InChI is InChI=1S/C20H18F3N5O/c21-20(22,23)12-4-1-3-11(7-12)15-8-25-9-16(15)28-19-14-6-2-5-13(18(24)29)17(14)26-10-27-19/h1-7,10,15-16,25H,8-9H2,(H2,24,29)(H,26,27,28). The van der Waals surface area contributed by atoms with E-state index in [9.17, 15) is 18.0 Å². The maximum absolute atomic E-state index is 13.1. The Morgan fingerprint density at radius 1 is 1.14 bits per heavy atom. The molecule has 4 N–H and O–H groups in total. The molecule has 1 aliphatic rings. The molecule has 0 radical (unpaired) electrons. The van der Waals surface area contributed by atoms with Gasteiger partial charge in [0.25, 0.3) is 5.91 Å². The number of anilines is 1. The van der Waals surface area contributed by atoms with Gasteiger partial charge in [-0.3, -0.25) is 4.79 Å². The van der Waals surface area contributed by atoms with Crippen molar-refractivity contribution in [1.29, 1.82) is 0 Å². The van der Waals surface area contributed by atoms with Crippen LogP contribution in [0.2, 0.25) is 0 Å². The third-order valence-corrected chi connectivity index (χ3v) is 5.11. The average molecular weight is 401 g/mol. The van der Waals surface area contributed by atoms with Crippen LogP contribution < -0.4 is 16.4 Å². The van der Waals surface area contributed by atoms with Gasteiger partial charge in [0.2, 0.25) is 0 Å². The molecule has 1 aliphatic heterocycles. The van der Waals surface area contributed by atoms with Crippen molar-refractivity contribution in [2.45, 2.75) is 18.1 Å². The minimum Gasteiger partial charge on any atom is -0.366 e. The first-order valence-electron chi connectivity index (χ1n) is 9.02. The van der Waals surface area contributed by atoms with Crippen LogP contribution in [0, 0.1) is 0 Å². The summed E-state index contributed by atoms with van der Waals surface area (Å²) in [6.07, 6.45) is -3.06. The van der Waals surface area contributed by atoms with Gasteiger partial charge in [0.1, 0.15) is 12.1 Å². The van der Waals surface area contributed by atoms with Gasteiger partial charge in [-0.15, -0.1) is 0 Å². The minimum atomic E-state index is -4.39. The number of nitrogens with two attached hydrogens (primary N) is 1. The molecule has 6 nitrogen and oxygen atoms in total. The number of halogens is 3. The molecule has 4 rings (SSSR count). The number of primary amides is 1. The smallest absolute Gasteiger partial charge is 0.366 e. The number of rotatable bonds is 4. The molecule has 3 aromatic rings. The van der Waals surface area contributed by atoms with Gasteiger partial charge in [0.05, 0.1) is 16.6 Å². The second-order valence-electron chi connectivity index (χ2n) is 6.93.